The van der Waals surface area contributed by atoms with Crippen LogP contribution in [0.15, 0.2) is 12.1 Å². The maximum Gasteiger partial charge on any atom is 0.231 e. The molecule has 2 N–H and O–H groups in total. The molecule has 1 aliphatic rings. The molecule has 0 amide bonds. The smallest absolute Gasteiger partial charge is 0.231 e. The lowest BCUT2D eigenvalue weighted by Crippen LogP contribution is -2.26. The summed E-state index contributed by atoms with van der Waals surface area (Å²) in [5.41, 5.74) is 0.718. The second-order valence-corrected chi connectivity index (χ2v) is 4.60. The van der Waals surface area contributed by atoms with Crippen molar-refractivity contribution in [1.82, 2.24) is 0 Å². The summed E-state index contributed by atoms with van der Waals surface area (Å²) in [6, 6.07) is 3.75. The molecule has 1 aliphatic heterocycles. The molecular weight excluding hydrogens is 222 g/mol. The first-order valence-electron chi connectivity index (χ1n) is 5.38. The van der Waals surface area contributed by atoms with E-state index in [2.05, 4.69) is 0 Å². The number of fused-ring (bicyclic) bond motifs is 1. The van der Waals surface area contributed by atoms with E-state index >= 15 is 0 Å². The van der Waals surface area contributed by atoms with Crippen molar-refractivity contribution in [3.05, 3.63) is 17.7 Å². The highest BCUT2D eigenvalue weighted by Crippen LogP contribution is 2.42. The Kier molecular flexibility index (Phi) is 3.13. The van der Waals surface area contributed by atoms with Gasteiger partial charge in [-0.1, -0.05) is 13.8 Å². The number of nitrogens with two attached hydrogens (primary N) is 1. The van der Waals surface area contributed by atoms with Gasteiger partial charge in [0.15, 0.2) is 11.5 Å². The van der Waals surface area contributed by atoms with Crippen LogP contribution in [0, 0.1) is 0 Å². The van der Waals surface area contributed by atoms with E-state index in [1.165, 1.54) is 0 Å². The van der Waals surface area contributed by atoms with Crippen molar-refractivity contribution in [1.29, 1.82) is 0 Å². The molecule has 0 atom stereocenters. The molecule has 1 heterocycles. The van der Waals surface area contributed by atoms with Crippen molar-refractivity contribution in [3.8, 4) is 17.2 Å². The van der Waals surface area contributed by atoms with Crippen molar-refractivity contribution >= 4 is 0 Å². The first-order valence-corrected chi connectivity index (χ1v) is 5.38. The number of ether oxygens (including phenoxy) is 3. The molecule has 1 aromatic rings. The molecule has 0 spiro atoms. The van der Waals surface area contributed by atoms with Crippen LogP contribution < -0.4 is 20.1 Å². The summed E-state index contributed by atoms with van der Waals surface area (Å²) in [6.07, 6.45) is 0. The molecule has 0 saturated carbocycles. The molecule has 2 rings (SSSR count). The molecule has 0 bridgehead atoms. The van der Waals surface area contributed by atoms with Gasteiger partial charge in [0.2, 0.25) is 6.79 Å². The fourth-order valence-corrected chi connectivity index (χ4v) is 1.91. The molecule has 1 aromatic carbocycles. The van der Waals surface area contributed by atoms with Gasteiger partial charge < -0.3 is 19.0 Å². The minimum atomic E-state index is -0.263. The summed E-state index contributed by atoms with van der Waals surface area (Å²) in [5, 5.41) is 0. The van der Waals surface area contributed by atoms with Crippen molar-refractivity contribution in [2.45, 2.75) is 19.3 Å². The predicted octanol–water partition coefficient (Wildman–Crippen LogP) is 1.59. The van der Waals surface area contributed by atoms with Crippen LogP contribution in [0.3, 0.4) is 0 Å². The maximum absolute atomic E-state index is 5.37. The molecule has 0 saturated heterocycles. The van der Waals surface area contributed by atoms with E-state index in [4.69, 9.17) is 24.9 Å². The van der Waals surface area contributed by atoms with E-state index in [-0.39, 0.29) is 12.2 Å². The van der Waals surface area contributed by atoms with E-state index in [0.29, 0.717) is 12.4 Å². The van der Waals surface area contributed by atoms with E-state index in [1.54, 1.807) is 7.11 Å². The SMILES string of the molecule is COc1cc2c(cc1C(C)(C)CON)OCO2. The summed E-state index contributed by atoms with van der Waals surface area (Å²) in [7, 11) is 1.63. The molecular formula is C12H17NO4. The number of hydrogen-bond donors (Lipinski definition) is 1. The zero-order chi connectivity index (χ0) is 12.5. The van der Waals surface area contributed by atoms with Gasteiger partial charge in [0, 0.05) is 17.0 Å². The molecule has 94 valence electrons. The van der Waals surface area contributed by atoms with E-state index in [9.17, 15) is 0 Å². The summed E-state index contributed by atoms with van der Waals surface area (Å²) in [4.78, 5) is 4.75. The molecule has 0 unspecified atom stereocenters. The van der Waals surface area contributed by atoms with E-state index in [1.807, 2.05) is 26.0 Å². The summed E-state index contributed by atoms with van der Waals surface area (Å²) < 4.78 is 16.0. The highest BCUT2D eigenvalue weighted by atomic mass is 16.7. The summed E-state index contributed by atoms with van der Waals surface area (Å²) in [5.74, 6) is 7.34. The zero-order valence-corrected chi connectivity index (χ0v) is 10.3. The van der Waals surface area contributed by atoms with E-state index in [0.717, 1.165) is 17.1 Å². The molecule has 0 fully saturated rings. The highest BCUT2D eigenvalue weighted by Gasteiger charge is 2.28. The maximum atomic E-state index is 5.37. The van der Waals surface area contributed by atoms with Gasteiger partial charge in [-0.2, -0.15) is 0 Å². The number of rotatable bonds is 4. The van der Waals surface area contributed by atoms with Crippen LogP contribution in [-0.4, -0.2) is 20.5 Å². The molecule has 0 aromatic heterocycles. The Morgan fingerprint density at radius 3 is 2.53 bits per heavy atom. The fourth-order valence-electron chi connectivity index (χ4n) is 1.91. The van der Waals surface area contributed by atoms with Crippen LogP contribution in [0.1, 0.15) is 19.4 Å². The summed E-state index contributed by atoms with van der Waals surface area (Å²) >= 11 is 0. The van der Waals surface area contributed by atoms with Gasteiger partial charge in [0.1, 0.15) is 5.75 Å². The number of benzene rings is 1. The lowest BCUT2D eigenvalue weighted by molar-refractivity contribution is 0.0953. The molecule has 0 aliphatic carbocycles. The molecule has 17 heavy (non-hydrogen) atoms. The van der Waals surface area contributed by atoms with Gasteiger partial charge in [0.25, 0.3) is 0 Å². The van der Waals surface area contributed by atoms with Crippen LogP contribution in [0.4, 0.5) is 0 Å². The van der Waals surface area contributed by atoms with Crippen LogP contribution in [0.25, 0.3) is 0 Å². The topological polar surface area (TPSA) is 62.9 Å². The largest absolute Gasteiger partial charge is 0.496 e. The molecule has 5 heteroatoms. The van der Waals surface area contributed by atoms with Crippen molar-refractivity contribution in [2.75, 3.05) is 20.5 Å². The second-order valence-electron chi connectivity index (χ2n) is 4.60. The third-order valence-corrected chi connectivity index (χ3v) is 2.87. The van der Waals surface area contributed by atoms with Gasteiger partial charge >= 0.3 is 0 Å². The summed E-state index contributed by atoms with van der Waals surface area (Å²) in [6.45, 7) is 4.69. The first kappa shape index (κ1) is 12.0. The Balaban J connectivity index is 2.45. The number of methoxy groups -OCH3 is 1. The zero-order valence-electron chi connectivity index (χ0n) is 10.3. The van der Waals surface area contributed by atoms with Gasteiger partial charge in [-0.15, -0.1) is 0 Å². The van der Waals surface area contributed by atoms with Gasteiger partial charge in [-0.25, -0.2) is 5.90 Å². The van der Waals surface area contributed by atoms with Crippen molar-refractivity contribution in [2.24, 2.45) is 5.90 Å². The third kappa shape index (κ3) is 2.16. The van der Waals surface area contributed by atoms with E-state index < -0.39 is 0 Å². The Morgan fingerprint density at radius 2 is 1.94 bits per heavy atom. The predicted molar refractivity (Wildman–Crippen MR) is 62.3 cm³/mol. The van der Waals surface area contributed by atoms with Crippen LogP contribution >= 0.6 is 0 Å². The Hall–Kier alpha value is -1.46. The van der Waals surface area contributed by atoms with Gasteiger partial charge in [-0.3, -0.25) is 0 Å². The standard InChI is InChI=1S/C12H17NO4/c1-12(2,6-17-13)8-4-10-11(16-7-15-10)5-9(8)14-3/h4-5H,6-7,13H2,1-3H3. The van der Waals surface area contributed by atoms with Crippen LogP contribution in [-0.2, 0) is 10.3 Å². The molecule has 5 nitrogen and oxygen atoms in total. The van der Waals surface area contributed by atoms with Crippen LogP contribution in [0.5, 0.6) is 17.2 Å². The Labute approximate surface area is 100 Å². The minimum Gasteiger partial charge on any atom is -0.496 e. The lowest BCUT2D eigenvalue weighted by atomic mass is 9.84. The highest BCUT2D eigenvalue weighted by molar-refractivity contribution is 5.54. The lowest BCUT2D eigenvalue weighted by Gasteiger charge is -2.26. The second kappa shape index (κ2) is 4.43. The molecule has 0 radical (unpaired) electrons. The van der Waals surface area contributed by atoms with Gasteiger partial charge in [-0.05, 0) is 6.07 Å². The Bertz CT molecular complexity index is 417. The normalized spacial score (nSPS) is 13.9. The quantitative estimate of drug-likeness (QED) is 0.808. The third-order valence-electron chi connectivity index (χ3n) is 2.87. The van der Waals surface area contributed by atoms with Crippen molar-refractivity contribution < 1.29 is 19.0 Å². The first-order chi connectivity index (χ1) is 8.08. The average molecular weight is 239 g/mol. The van der Waals surface area contributed by atoms with Crippen LogP contribution in [0.2, 0.25) is 0 Å². The monoisotopic (exact) mass is 239 g/mol. The minimum absolute atomic E-state index is 0.246. The Morgan fingerprint density at radius 1 is 1.29 bits per heavy atom. The van der Waals surface area contributed by atoms with Crippen molar-refractivity contribution in [3.63, 3.8) is 0 Å². The van der Waals surface area contributed by atoms with Gasteiger partial charge in [0.05, 0.1) is 13.7 Å². The number of hydrogen-bond acceptors (Lipinski definition) is 5. The average Bonchev–Trinajstić information content (AvgIpc) is 2.74. The fraction of sp³-hybridized carbons (Fsp3) is 0.500.